The number of nitrogens with one attached hydrogen (secondary N) is 1. The van der Waals surface area contributed by atoms with Crippen LogP contribution in [0.5, 0.6) is 11.5 Å². The minimum absolute atomic E-state index is 0.0135. The lowest BCUT2D eigenvalue weighted by Gasteiger charge is -2.25. The number of benzene rings is 1. The predicted molar refractivity (Wildman–Crippen MR) is 103 cm³/mol. The lowest BCUT2D eigenvalue weighted by atomic mass is 10.1. The van der Waals surface area contributed by atoms with Crippen LogP contribution in [-0.2, 0) is 9.59 Å². The van der Waals surface area contributed by atoms with Crippen molar-refractivity contribution >= 4 is 17.8 Å². The summed E-state index contributed by atoms with van der Waals surface area (Å²) in [5.41, 5.74) is 0.389. The molecule has 0 aromatic heterocycles. The smallest absolute Gasteiger partial charge is 0.308 e. The summed E-state index contributed by atoms with van der Waals surface area (Å²) in [5, 5.41) is 11.9. The number of hydrogen-bond donors (Lipinski definition) is 2. The van der Waals surface area contributed by atoms with Gasteiger partial charge in [0.05, 0.1) is 13.0 Å². The van der Waals surface area contributed by atoms with Gasteiger partial charge in [-0.05, 0) is 44.9 Å². The first-order chi connectivity index (χ1) is 13.2. The van der Waals surface area contributed by atoms with E-state index in [0.717, 1.165) is 12.8 Å². The maximum atomic E-state index is 12.9. The van der Waals surface area contributed by atoms with Crippen LogP contribution < -0.4 is 14.8 Å². The van der Waals surface area contributed by atoms with Crippen molar-refractivity contribution in [3.63, 3.8) is 0 Å². The highest BCUT2D eigenvalue weighted by Crippen LogP contribution is 2.32. The minimum Gasteiger partial charge on any atom is -0.493 e. The van der Waals surface area contributed by atoms with Crippen molar-refractivity contribution in [2.45, 2.75) is 45.7 Å². The maximum Gasteiger partial charge on any atom is 0.308 e. The van der Waals surface area contributed by atoms with Gasteiger partial charge in [0.2, 0.25) is 0 Å². The molecule has 0 bridgehead atoms. The summed E-state index contributed by atoms with van der Waals surface area (Å²) < 4.78 is 10.8. The molecule has 0 radical (unpaired) electrons. The molecule has 0 spiro atoms. The van der Waals surface area contributed by atoms with Crippen LogP contribution in [0, 0.1) is 5.92 Å². The average molecular weight is 392 g/mol. The summed E-state index contributed by atoms with van der Waals surface area (Å²) >= 11 is 0. The van der Waals surface area contributed by atoms with Gasteiger partial charge in [0, 0.05) is 24.2 Å². The third-order valence-electron chi connectivity index (χ3n) is 4.36. The number of nitrogens with zero attached hydrogens (tertiary/aromatic N) is 1. The van der Waals surface area contributed by atoms with Crippen LogP contribution in [0.1, 0.15) is 44.0 Å². The van der Waals surface area contributed by atoms with Crippen LogP contribution in [0.2, 0.25) is 0 Å². The van der Waals surface area contributed by atoms with E-state index in [0.29, 0.717) is 17.1 Å². The molecule has 1 atom stereocenters. The Kier molecular flexibility index (Phi) is 7.25. The van der Waals surface area contributed by atoms with E-state index in [9.17, 15) is 14.4 Å². The van der Waals surface area contributed by atoms with Gasteiger partial charge in [-0.15, -0.1) is 0 Å². The number of amides is 2. The monoisotopic (exact) mass is 392 g/mol. The fraction of sp³-hybridized carbons (Fsp3) is 0.550. The molecule has 1 aromatic rings. The summed E-state index contributed by atoms with van der Waals surface area (Å²) in [6.45, 7) is 5.30. The second kappa shape index (κ2) is 9.43. The lowest BCUT2D eigenvalue weighted by Crippen LogP contribution is -2.38. The van der Waals surface area contributed by atoms with Crippen LogP contribution in [0.25, 0.3) is 0 Å². The number of aliphatic carboxylic acids is 1. The molecule has 28 heavy (non-hydrogen) atoms. The van der Waals surface area contributed by atoms with Crippen LogP contribution in [0.3, 0.4) is 0 Å². The standard InChI is InChI=1S/C20H28N2O6/c1-12(2)21-18(23)11-28-16-8-5-14(9-17(16)27-4)19(24)22(15-6-7-15)10-13(3)20(25)26/h5,8-9,12-13,15H,6-7,10-11H2,1-4H3,(H,21,23)(H,25,26). The zero-order chi connectivity index (χ0) is 20.8. The largest absolute Gasteiger partial charge is 0.493 e. The first kappa shape index (κ1) is 21.5. The SMILES string of the molecule is COc1cc(C(=O)N(CC(C)C(=O)O)C2CC2)ccc1OCC(=O)NC(C)C. The third-order valence-corrected chi connectivity index (χ3v) is 4.36. The molecule has 1 fully saturated rings. The highest BCUT2D eigenvalue weighted by atomic mass is 16.5. The van der Waals surface area contributed by atoms with Crippen molar-refractivity contribution < 1.29 is 29.0 Å². The number of ether oxygens (including phenoxy) is 2. The first-order valence-corrected chi connectivity index (χ1v) is 9.36. The summed E-state index contributed by atoms with van der Waals surface area (Å²) in [4.78, 5) is 37.5. The van der Waals surface area contributed by atoms with Crippen molar-refractivity contribution in [3.05, 3.63) is 23.8 Å². The molecule has 1 aliphatic carbocycles. The number of methoxy groups -OCH3 is 1. The number of carboxylic acids is 1. The van der Waals surface area contributed by atoms with E-state index >= 15 is 0 Å². The second-order valence-electron chi connectivity index (χ2n) is 7.30. The highest BCUT2D eigenvalue weighted by Gasteiger charge is 2.35. The van der Waals surface area contributed by atoms with Crippen molar-refractivity contribution in [3.8, 4) is 11.5 Å². The zero-order valence-corrected chi connectivity index (χ0v) is 16.7. The zero-order valence-electron chi connectivity index (χ0n) is 16.7. The van der Waals surface area contributed by atoms with E-state index in [2.05, 4.69) is 5.32 Å². The van der Waals surface area contributed by atoms with Gasteiger partial charge >= 0.3 is 5.97 Å². The number of carbonyl (C=O) groups excluding carboxylic acids is 2. The third kappa shape index (κ3) is 5.87. The molecule has 1 unspecified atom stereocenters. The van der Waals surface area contributed by atoms with Gasteiger partial charge in [-0.2, -0.15) is 0 Å². The summed E-state index contributed by atoms with van der Waals surface area (Å²) in [6, 6.07) is 4.83. The van der Waals surface area contributed by atoms with Gasteiger partial charge in [0.15, 0.2) is 18.1 Å². The molecule has 8 heteroatoms. The van der Waals surface area contributed by atoms with Crippen molar-refractivity contribution in [1.29, 1.82) is 0 Å². The molecule has 2 amide bonds. The van der Waals surface area contributed by atoms with Crippen LogP contribution in [0.15, 0.2) is 18.2 Å². The quantitative estimate of drug-likeness (QED) is 0.630. The molecular weight excluding hydrogens is 364 g/mol. The molecule has 1 aliphatic rings. The molecule has 2 rings (SSSR count). The normalized spacial score (nSPS) is 14.3. The van der Waals surface area contributed by atoms with E-state index in [1.807, 2.05) is 13.8 Å². The highest BCUT2D eigenvalue weighted by molar-refractivity contribution is 5.95. The Morgan fingerprint density at radius 2 is 1.89 bits per heavy atom. The Labute approximate surface area is 164 Å². The summed E-state index contributed by atoms with van der Waals surface area (Å²) in [5.74, 6) is -1.37. The summed E-state index contributed by atoms with van der Waals surface area (Å²) in [6.07, 6.45) is 1.75. The Morgan fingerprint density at radius 3 is 2.43 bits per heavy atom. The van der Waals surface area contributed by atoms with Crippen molar-refractivity contribution in [1.82, 2.24) is 10.2 Å². The van der Waals surface area contributed by atoms with Gasteiger partial charge in [0.25, 0.3) is 11.8 Å². The Hall–Kier alpha value is -2.77. The molecule has 0 aliphatic heterocycles. The second-order valence-corrected chi connectivity index (χ2v) is 7.30. The van der Waals surface area contributed by atoms with E-state index < -0.39 is 11.9 Å². The first-order valence-electron chi connectivity index (χ1n) is 9.36. The molecular formula is C20H28N2O6. The van der Waals surface area contributed by atoms with Crippen LogP contribution in [-0.4, -0.2) is 60.1 Å². The number of carboxylic acid groups (broad SMARTS) is 1. The van der Waals surface area contributed by atoms with E-state index in [4.69, 9.17) is 14.6 Å². The van der Waals surface area contributed by atoms with Crippen molar-refractivity contribution in [2.75, 3.05) is 20.3 Å². The number of rotatable bonds is 10. The van der Waals surface area contributed by atoms with Crippen molar-refractivity contribution in [2.24, 2.45) is 5.92 Å². The Bertz CT molecular complexity index is 729. The van der Waals surface area contributed by atoms with E-state index in [-0.39, 0.29) is 37.0 Å². The molecule has 1 saturated carbocycles. The number of hydrogen-bond acceptors (Lipinski definition) is 5. The molecule has 2 N–H and O–H groups in total. The van der Waals surface area contributed by atoms with Crippen LogP contribution >= 0.6 is 0 Å². The predicted octanol–water partition coefficient (Wildman–Crippen LogP) is 1.92. The topological polar surface area (TPSA) is 105 Å². The van der Waals surface area contributed by atoms with Gasteiger partial charge in [0.1, 0.15) is 0 Å². The lowest BCUT2D eigenvalue weighted by molar-refractivity contribution is -0.141. The minimum atomic E-state index is -0.931. The van der Waals surface area contributed by atoms with Gasteiger partial charge in [-0.1, -0.05) is 6.92 Å². The van der Waals surface area contributed by atoms with Gasteiger partial charge in [-0.25, -0.2) is 0 Å². The fourth-order valence-electron chi connectivity index (χ4n) is 2.75. The van der Waals surface area contributed by atoms with Gasteiger partial charge in [-0.3, -0.25) is 14.4 Å². The Morgan fingerprint density at radius 1 is 1.21 bits per heavy atom. The Balaban J connectivity index is 2.11. The molecule has 8 nitrogen and oxygen atoms in total. The summed E-state index contributed by atoms with van der Waals surface area (Å²) in [7, 11) is 1.45. The fourth-order valence-corrected chi connectivity index (χ4v) is 2.75. The van der Waals surface area contributed by atoms with E-state index in [1.165, 1.54) is 7.11 Å². The molecule has 1 aromatic carbocycles. The maximum absolute atomic E-state index is 12.9. The molecule has 154 valence electrons. The number of carbonyl (C=O) groups is 3. The van der Waals surface area contributed by atoms with E-state index in [1.54, 1.807) is 30.0 Å². The average Bonchev–Trinajstić information content (AvgIpc) is 3.47. The van der Waals surface area contributed by atoms with Crippen LogP contribution in [0.4, 0.5) is 0 Å². The molecule has 0 heterocycles. The molecule has 0 saturated heterocycles. The van der Waals surface area contributed by atoms with Gasteiger partial charge < -0.3 is 24.8 Å².